The van der Waals surface area contributed by atoms with Gasteiger partial charge in [-0.3, -0.25) is 0 Å². The molecule has 0 spiro atoms. The van der Waals surface area contributed by atoms with Crippen molar-refractivity contribution in [3.05, 3.63) is 12.0 Å². The topological polar surface area (TPSA) is 62.7 Å². The van der Waals surface area contributed by atoms with E-state index in [2.05, 4.69) is 25.0 Å². The second kappa shape index (κ2) is 4.54. The minimum absolute atomic E-state index is 0.562. The summed E-state index contributed by atoms with van der Waals surface area (Å²) in [6, 6.07) is 0.562. The molecule has 0 amide bonds. The summed E-state index contributed by atoms with van der Waals surface area (Å²) in [6.45, 7) is 4.05. The molecular formula is C11H15N5S. The summed E-state index contributed by atoms with van der Waals surface area (Å²) in [4.78, 5) is 9.51. The minimum Gasteiger partial charge on any atom is -0.368 e. The van der Waals surface area contributed by atoms with Crippen molar-refractivity contribution in [2.75, 3.05) is 18.4 Å². The summed E-state index contributed by atoms with van der Waals surface area (Å²) in [6.07, 6.45) is 4.11. The van der Waals surface area contributed by atoms with Crippen molar-refractivity contribution in [2.45, 2.75) is 25.8 Å². The fourth-order valence-corrected chi connectivity index (χ4v) is 2.95. The van der Waals surface area contributed by atoms with Gasteiger partial charge in [-0.25, -0.2) is 9.97 Å². The molecule has 2 aromatic heterocycles. The van der Waals surface area contributed by atoms with Crippen molar-refractivity contribution in [2.24, 2.45) is 0 Å². The average Bonchev–Trinajstić information content (AvgIpc) is 2.97. The van der Waals surface area contributed by atoms with Crippen LogP contribution in [0.2, 0.25) is 0 Å². The van der Waals surface area contributed by atoms with Crippen LogP contribution in [0.15, 0.2) is 6.33 Å². The van der Waals surface area contributed by atoms with E-state index in [0.717, 1.165) is 34.8 Å². The van der Waals surface area contributed by atoms with Crippen molar-refractivity contribution in [3.8, 4) is 0 Å². The first-order chi connectivity index (χ1) is 8.34. The molecular weight excluding hydrogens is 234 g/mol. The predicted octanol–water partition coefficient (Wildman–Crippen LogP) is 1.56. The van der Waals surface area contributed by atoms with E-state index in [1.165, 1.54) is 24.4 Å². The van der Waals surface area contributed by atoms with Crippen LogP contribution in [0, 0.1) is 6.92 Å². The summed E-state index contributed by atoms with van der Waals surface area (Å²) in [5, 5.41) is 7.94. The molecule has 3 rings (SSSR count). The molecule has 1 aliphatic heterocycles. The van der Waals surface area contributed by atoms with Crippen LogP contribution in [0.25, 0.3) is 10.2 Å². The Morgan fingerprint density at radius 3 is 3.29 bits per heavy atom. The minimum atomic E-state index is 0.562. The molecule has 17 heavy (non-hydrogen) atoms. The zero-order chi connectivity index (χ0) is 11.7. The predicted molar refractivity (Wildman–Crippen MR) is 69.5 cm³/mol. The highest BCUT2D eigenvalue weighted by molar-refractivity contribution is 7.13. The summed E-state index contributed by atoms with van der Waals surface area (Å²) in [5.41, 5.74) is 1.01. The fourth-order valence-electron chi connectivity index (χ4n) is 2.21. The molecule has 0 aliphatic carbocycles. The van der Waals surface area contributed by atoms with Gasteiger partial charge in [0.1, 0.15) is 17.0 Å². The van der Waals surface area contributed by atoms with Gasteiger partial charge in [0.2, 0.25) is 0 Å². The second-order valence-corrected chi connectivity index (χ2v) is 5.10. The van der Waals surface area contributed by atoms with Gasteiger partial charge < -0.3 is 10.6 Å². The van der Waals surface area contributed by atoms with Crippen LogP contribution in [0.4, 0.5) is 5.82 Å². The molecule has 0 radical (unpaired) electrons. The molecule has 1 saturated heterocycles. The smallest absolute Gasteiger partial charge is 0.149 e. The number of nitrogens with one attached hydrogen (secondary N) is 2. The monoisotopic (exact) mass is 249 g/mol. The Morgan fingerprint density at radius 1 is 1.53 bits per heavy atom. The van der Waals surface area contributed by atoms with Crippen LogP contribution in [0.1, 0.15) is 18.5 Å². The largest absolute Gasteiger partial charge is 0.368 e. The first kappa shape index (κ1) is 10.9. The van der Waals surface area contributed by atoms with E-state index in [9.17, 15) is 0 Å². The number of aryl methyl sites for hydroxylation is 1. The van der Waals surface area contributed by atoms with Crippen molar-refractivity contribution in [3.63, 3.8) is 0 Å². The summed E-state index contributed by atoms with van der Waals surface area (Å²) < 4.78 is 4.32. The zero-order valence-electron chi connectivity index (χ0n) is 9.73. The van der Waals surface area contributed by atoms with Crippen LogP contribution < -0.4 is 10.6 Å². The number of fused-ring (bicyclic) bond motifs is 1. The first-order valence-electron chi connectivity index (χ1n) is 5.89. The lowest BCUT2D eigenvalue weighted by Crippen LogP contribution is -2.29. The van der Waals surface area contributed by atoms with Gasteiger partial charge in [0, 0.05) is 12.6 Å². The molecule has 6 heteroatoms. The molecule has 1 atom stereocenters. The van der Waals surface area contributed by atoms with Gasteiger partial charge in [0.15, 0.2) is 0 Å². The van der Waals surface area contributed by atoms with Gasteiger partial charge in [0.05, 0.1) is 11.1 Å². The molecule has 2 N–H and O–H groups in total. The Morgan fingerprint density at radius 2 is 2.47 bits per heavy atom. The average molecular weight is 249 g/mol. The van der Waals surface area contributed by atoms with Crippen molar-refractivity contribution < 1.29 is 0 Å². The lowest BCUT2D eigenvalue weighted by atomic mass is 10.2. The lowest BCUT2D eigenvalue weighted by Gasteiger charge is -2.12. The zero-order valence-corrected chi connectivity index (χ0v) is 10.5. The summed E-state index contributed by atoms with van der Waals surface area (Å²) in [5.74, 6) is 0.912. The van der Waals surface area contributed by atoms with E-state index in [-0.39, 0.29) is 0 Å². The maximum absolute atomic E-state index is 4.32. The molecule has 1 fully saturated rings. The third kappa shape index (κ3) is 2.10. The van der Waals surface area contributed by atoms with E-state index in [0.29, 0.717) is 6.04 Å². The third-order valence-electron chi connectivity index (χ3n) is 3.12. The summed E-state index contributed by atoms with van der Waals surface area (Å²) in [7, 11) is 0. The standard InChI is InChI=1S/C11H15N5S/c1-7-9-10(13-5-8-3-2-4-12-8)14-6-15-11(9)17-16-7/h6,8,12H,2-5H2,1H3,(H,13,14,15). The maximum Gasteiger partial charge on any atom is 0.149 e. The van der Waals surface area contributed by atoms with E-state index in [1.807, 2.05) is 6.92 Å². The van der Waals surface area contributed by atoms with Gasteiger partial charge in [-0.1, -0.05) is 0 Å². The molecule has 0 bridgehead atoms. The molecule has 0 saturated carbocycles. The third-order valence-corrected chi connectivity index (χ3v) is 3.97. The molecule has 5 nitrogen and oxygen atoms in total. The highest BCUT2D eigenvalue weighted by Crippen LogP contribution is 2.25. The van der Waals surface area contributed by atoms with Gasteiger partial charge >= 0.3 is 0 Å². The Labute approximate surface area is 104 Å². The Kier molecular flexibility index (Phi) is 2.90. The van der Waals surface area contributed by atoms with Gasteiger partial charge in [-0.15, -0.1) is 0 Å². The quantitative estimate of drug-likeness (QED) is 0.864. The van der Waals surface area contributed by atoms with Crippen LogP contribution in [-0.2, 0) is 0 Å². The molecule has 90 valence electrons. The molecule has 2 aromatic rings. The highest BCUT2D eigenvalue weighted by Gasteiger charge is 2.15. The normalized spacial score (nSPS) is 19.9. The SMILES string of the molecule is Cc1nsc2ncnc(NCC3CCCN3)c12. The maximum atomic E-state index is 4.32. The number of hydrogen-bond donors (Lipinski definition) is 2. The lowest BCUT2D eigenvalue weighted by molar-refractivity contribution is 0.633. The highest BCUT2D eigenvalue weighted by atomic mass is 32.1. The van der Waals surface area contributed by atoms with Crippen LogP contribution in [0.3, 0.4) is 0 Å². The van der Waals surface area contributed by atoms with Gasteiger partial charge in [-0.2, -0.15) is 4.37 Å². The van der Waals surface area contributed by atoms with Crippen LogP contribution in [-0.4, -0.2) is 33.5 Å². The van der Waals surface area contributed by atoms with Crippen molar-refractivity contribution in [1.82, 2.24) is 19.7 Å². The van der Waals surface area contributed by atoms with E-state index < -0.39 is 0 Å². The fraction of sp³-hybridized carbons (Fsp3) is 0.545. The Hall–Kier alpha value is -1.27. The second-order valence-electron chi connectivity index (χ2n) is 4.34. The number of anilines is 1. The molecule has 1 unspecified atom stereocenters. The number of hydrogen-bond acceptors (Lipinski definition) is 6. The number of aromatic nitrogens is 3. The van der Waals surface area contributed by atoms with E-state index in [4.69, 9.17) is 0 Å². The Balaban J connectivity index is 1.81. The molecule has 1 aliphatic rings. The van der Waals surface area contributed by atoms with Crippen molar-refractivity contribution in [1.29, 1.82) is 0 Å². The molecule has 0 aromatic carbocycles. The van der Waals surface area contributed by atoms with Crippen molar-refractivity contribution >= 4 is 27.6 Å². The van der Waals surface area contributed by atoms with E-state index in [1.54, 1.807) is 6.33 Å². The molecule has 3 heterocycles. The Bertz CT molecular complexity index is 518. The van der Waals surface area contributed by atoms with Crippen LogP contribution >= 0.6 is 11.5 Å². The number of rotatable bonds is 3. The summed E-state index contributed by atoms with van der Waals surface area (Å²) >= 11 is 1.43. The van der Waals surface area contributed by atoms with Crippen LogP contribution in [0.5, 0.6) is 0 Å². The van der Waals surface area contributed by atoms with Gasteiger partial charge in [0.25, 0.3) is 0 Å². The van der Waals surface area contributed by atoms with E-state index >= 15 is 0 Å². The first-order valence-corrected chi connectivity index (χ1v) is 6.66. The van der Waals surface area contributed by atoms with Gasteiger partial charge in [-0.05, 0) is 37.8 Å². The number of nitrogens with zero attached hydrogens (tertiary/aromatic N) is 3.